The van der Waals surface area contributed by atoms with Crippen molar-refractivity contribution in [3.05, 3.63) is 45.9 Å². The summed E-state index contributed by atoms with van der Waals surface area (Å²) in [4.78, 5) is 30.5. The van der Waals surface area contributed by atoms with Crippen molar-refractivity contribution >= 4 is 38.4 Å². The van der Waals surface area contributed by atoms with Crippen molar-refractivity contribution in [3.63, 3.8) is 0 Å². The number of amides is 1. The van der Waals surface area contributed by atoms with Gasteiger partial charge in [-0.15, -0.1) is 0 Å². The number of rotatable bonds is 5. The highest BCUT2D eigenvalue weighted by Crippen LogP contribution is 2.27. The Labute approximate surface area is 141 Å². The van der Waals surface area contributed by atoms with Gasteiger partial charge in [-0.1, -0.05) is 23.5 Å². The largest absolute Gasteiger partial charge is 0.381 e. The molecule has 1 amide bonds. The van der Waals surface area contributed by atoms with Gasteiger partial charge in [-0.25, -0.2) is 4.98 Å². The van der Waals surface area contributed by atoms with Crippen molar-refractivity contribution in [3.8, 4) is 0 Å². The molecule has 0 saturated carbocycles. The molecule has 0 aliphatic rings. The van der Waals surface area contributed by atoms with Gasteiger partial charge in [-0.05, 0) is 28.5 Å². The van der Waals surface area contributed by atoms with Gasteiger partial charge in [0.1, 0.15) is 6.20 Å². The molecule has 9 heteroatoms. The Hall–Kier alpha value is -2.81. The minimum Gasteiger partial charge on any atom is -0.358 e. The van der Waals surface area contributed by atoms with Gasteiger partial charge in [0.15, 0.2) is 5.13 Å². The van der Waals surface area contributed by atoms with E-state index in [2.05, 4.69) is 15.3 Å². The number of nitrogens with zero attached hydrogens (tertiary/aromatic N) is 4. The number of nitro groups is 1. The average molecular weight is 345 g/mol. The lowest BCUT2D eigenvalue weighted by Gasteiger charge is -2.02. The third kappa shape index (κ3) is 3.25. The van der Waals surface area contributed by atoms with Gasteiger partial charge >= 0.3 is 5.82 Å². The van der Waals surface area contributed by atoms with E-state index in [0.29, 0.717) is 17.5 Å². The molecule has 3 rings (SSSR count). The minimum atomic E-state index is -0.549. The molecule has 1 N–H and O–H groups in total. The van der Waals surface area contributed by atoms with Gasteiger partial charge in [0, 0.05) is 19.9 Å². The van der Waals surface area contributed by atoms with Crippen LogP contribution in [0.1, 0.15) is 17.8 Å². The molecule has 124 valence electrons. The minimum absolute atomic E-state index is 0.184. The van der Waals surface area contributed by atoms with Crippen molar-refractivity contribution in [2.45, 2.75) is 26.8 Å². The van der Waals surface area contributed by atoms with Gasteiger partial charge in [-0.2, -0.15) is 0 Å². The molecule has 0 spiro atoms. The second-order valence-corrected chi connectivity index (χ2v) is 6.37. The van der Waals surface area contributed by atoms with Crippen LogP contribution < -0.4 is 5.32 Å². The summed E-state index contributed by atoms with van der Waals surface area (Å²) in [6, 6.07) is 5.89. The highest BCUT2D eigenvalue weighted by molar-refractivity contribution is 7.22. The highest BCUT2D eigenvalue weighted by atomic mass is 32.1. The molecule has 0 unspecified atom stereocenters. The fourth-order valence-electron chi connectivity index (χ4n) is 2.35. The maximum atomic E-state index is 12.1. The van der Waals surface area contributed by atoms with Crippen LogP contribution in [0.2, 0.25) is 0 Å². The molecule has 0 atom stereocenters. The molecule has 8 nitrogen and oxygen atoms in total. The van der Waals surface area contributed by atoms with Crippen LogP contribution in [-0.2, 0) is 11.3 Å². The molecule has 0 aliphatic carbocycles. The number of imidazole rings is 1. The van der Waals surface area contributed by atoms with E-state index >= 15 is 0 Å². The summed E-state index contributed by atoms with van der Waals surface area (Å²) < 4.78 is 2.62. The number of aryl methyl sites for hydroxylation is 3. The zero-order valence-corrected chi connectivity index (χ0v) is 14.0. The summed E-state index contributed by atoms with van der Waals surface area (Å²) in [5.74, 6) is 0.0992. The van der Waals surface area contributed by atoms with Crippen LogP contribution in [0.4, 0.5) is 10.9 Å². The van der Waals surface area contributed by atoms with Crippen LogP contribution in [0, 0.1) is 24.0 Å². The first-order chi connectivity index (χ1) is 11.4. The van der Waals surface area contributed by atoms with E-state index in [9.17, 15) is 14.9 Å². The zero-order chi connectivity index (χ0) is 17.3. The molecule has 2 heterocycles. The van der Waals surface area contributed by atoms with Crippen LogP contribution in [-0.4, -0.2) is 25.4 Å². The lowest BCUT2D eigenvalue weighted by Crippen LogP contribution is -2.14. The molecule has 0 aliphatic heterocycles. The SMILES string of the molecule is Cc1cccc2sc(NC(=O)CCn3cc([N+](=O)[O-])nc3C)nc12. The van der Waals surface area contributed by atoms with Gasteiger partial charge in [0.25, 0.3) is 0 Å². The Morgan fingerprint density at radius 1 is 1.38 bits per heavy atom. The molecule has 1 aromatic carbocycles. The van der Waals surface area contributed by atoms with E-state index in [1.165, 1.54) is 17.5 Å². The predicted octanol–water partition coefficient (Wildman–Crippen LogP) is 3.05. The van der Waals surface area contributed by atoms with Crippen LogP contribution in [0.3, 0.4) is 0 Å². The monoisotopic (exact) mass is 345 g/mol. The topological polar surface area (TPSA) is 103 Å². The van der Waals surface area contributed by atoms with Crippen LogP contribution >= 0.6 is 11.3 Å². The average Bonchev–Trinajstić information content (AvgIpc) is 3.09. The molecular weight excluding hydrogens is 330 g/mol. The molecule has 3 aromatic rings. The molecule has 0 fully saturated rings. The summed E-state index contributed by atoms with van der Waals surface area (Å²) in [6.07, 6.45) is 1.52. The number of para-hydroxylation sites is 1. The van der Waals surface area contributed by atoms with Crippen LogP contribution in [0.5, 0.6) is 0 Å². The molecular formula is C15H15N5O3S. The first-order valence-electron chi connectivity index (χ1n) is 7.28. The van der Waals surface area contributed by atoms with Crippen molar-refractivity contribution < 1.29 is 9.72 Å². The molecule has 0 saturated heterocycles. The zero-order valence-electron chi connectivity index (χ0n) is 13.1. The predicted molar refractivity (Wildman–Crippen MR) is 91.2 cm³/mol. The van der Waals surface area contributed by atoms with E-state index < -0.39 is 4.92 Å². The molecule has 2 aromatic heterocycles. The lowest BCUT2D eigenvalue weighted by atomic mass is 10.2. The Morgan fingerprint density at radius 2 is 2.17 bits per heavy atom. The summed E-state index contributed by atoms with van der Waals surface area (Å²) in [6.45, 7) is 3.96. The number of nitrogens with one attached hydrogen (secondary N) is 1. The normalized spacial score (nSPS) is 10.9. The van der Waals surface area contributed by atoms with E-state index in [4.69, 9.17) is 0 Å². The quantitative estimate of drug-likeness (QED) is 0.565. The maximum absolute atomic E-state index is 12.1. The maximum Gasteiger partial charge on any atom is 0.381 e. The summed E-state index contributed by atoms with van der Waals surface area (Å²) >= 11 is 1.42. The third-order valence-electron chi connectivity index (χ3n) is 3.60. The van der Waals surface area contributed by atoms with Crippen LogP contribution in [0.25, 0.3) is 10.2 Å². The number of benzene rings is 1. The Bertz CT molecular complexity index is 930. The van der Waals surface area contributed by atoms with Crippen molar-refractivity contribution in [2.75, 3.05) is 5.32 Å². The number of thiazole rings is 1. The van der Waals surface area contributed by atoms with Gasteiger partial charge in [0.2, 0.25) is 11.7 Å². The van der Waals surface area contributed by atoms with Gasteiger partial charge < -0.3 is 20.0 Å². The fraction of sp³-hybridized carbons (Fsp3) is 0.267. The third-order valence-corrected chi connectivity index (χ3v) is 4.53. The fourth-order valence-corrected chi connectivity index (χ4v) is 3.31. The standard InChI is InChI=1S/C15H15N5O3S/c1-9-4-3-5-11-14(9)18-15(24-11)17-13(21)6-7-19-8-12(20(22)23)16-10(19)2/h3-5,8H,6-7H2,1-2H3,(H,17,18,21). The number of carbonyl (C=O) groups is 1. The van der Waals surface area contributed by atoms with Crippen molar-refractivity contribution in [2.24, 2.45) is 0 Å². The number of hydrogen-bond acceptors (Lipinski definition) is 6. The molecule has 0 radical (unpaired) electrons. The Morgan fingerprint density at radius 3 is 2.83 bits per heavy atom. The molecule has 0 bridgehead atoms. The first-order valence-corrected chi connectivity index (χ1v) is 8.10. The van der Waals surface area contributed by atoms with Crippen LogP contribution in [0.15, 0.2) is 24.4 Å². The van der Waals surface area contributed by atoms with Gasteiger partial charge in [0.05, 0.1) is 10.2 Å². The van der Waals surface area contributed by atoms with E-state index in [0.717, 1.165) is 15.8 Å². The highest BCUT2D eigenvalue weighted by Gasteiger charge is 2.16. The number of hydrogen-bond donors (Lipinski definition) is 1. The second-order valence-electron chi connectivity index (χ2n) is 5.34. The van der Waals surface area contributed by atoms with E-state index in [1.54, 1.807) is 11.5 Å². The second kappa shape index (κ2) is 6.36. The van der Waals surface area contributed by atoms with E-state index in [1.807, 2.05) is 25.1 Å². The number of aromatic nitrogens is 3. The number of carbonyl (C=O) groups excluding carboxylic acids is 1. The summed E-state index contributed by atoms with van der Waals surface area (Å²) in [5, 5.41) is 14.0. The summed E-state index contributed by atoms with van der Waals surface area (Å²) in [7, 11) is 0. The van der Waals surface area contributed by atoms with E-state index in [-0.39, 0.29) is 18.1 Å². The first kappa shape index (κ1) is 16.1. The Kier molecular flexibility index (Phi) is 4.26. The van der Waals surface area contributed by atoms with Crippen molar-refractivity contribution in [1.82, 2.24) is 14.5 Å². The smallest absolute Gasteiger partial charge is 0.358 e. The van der Waals surface area contributed by atoms with Gasteiger partial charge in [-0.3, -0.25) is 4.79 Å². The Balaban J connectivity index is 1.65. The van der Waals surface area contributed by atoms with Crippen molar-refractivity contribution in [1.29, 1.82) is 0 Å². The number of fused-ring (bicyclic) bond motifs is 1. The lowest BCUT2D eigenvalue weighted by molar-refractivity contribution is -0.389. The summed E-state index contributed by atoms with van der Waals surface area (Å²) in [5.41, 5.74) is 1.95. The molecule has 24 heavy (non-hydrogen) atoms. The number of anilines is 1.